The van der Waals surface area contributed by atoms with Crippen molar-refractivity contribution in [2.45, 2.75) is 6.92 Å². The molecule has 5 nitrogen and oxygen atoms in total. The van der Waals surface area contributed by atoms with Crippen LogP contribution in [0.3, 0.4) is 0 Å². The van der Waals surface area contributed by atoms with E-state index in [2.05, 4.69) is 10.3 Å². The fraction of sp³-hybridized carbons (Fsp3) is 0.100. The van der Waals surface area contributed by atoms with Gasteiger partial charge in [-0.15, -0.1) is 0 Å². The fourth-order valence-electron chi connectivity index (χ4n) is 2.55. The lowest BCUT2D eigenvalue weighted by Crippen LogP contribution is -2.13. The van der Waals surface area contributed by atoms with Gasteiger partial charge in [-0.2, -0.15) is 0 Å². The molecule has 0 bridgehead atoms. The third-order valence-corrected chi connectivity index (χ3v) is 3.72. The Kier molecular flexibility index (Phi) is 5.12. The molecule has 0 aliphatic rings. The van der Waals surface area contributed by atoms with Crippen molar-refractivity contribution in [1.29, 1.82) is 0 Å². The van der Waals surface area contributed by atoms with E-state index in [0.717, 1.165) is 5.56 Å². The van der Waals surface area contributed by atoms with Gasteiger partial charge in [0.05, 0.1) is 12.3 Å². The van der Waals surface area contributed by atoms with Crippen molar-refractivity contribution in [1.82, 2.24) is 4.98 Å². The zero-order valence-electron chi connectivity index (χ0n) is 14.1. The van der Waals surface area contributed by atoms with Gasteiger partial charge in [0, 0.05) is 17.0 Å². The maximum atomic E-state index is 13.6. The molecule has 2 N–H and O–H groups in total. The van der Waals surface area contributed by atoms with Crippen LogP contribution in [-0.4, -0.2) is 23.5 Å². The molecule has 3 rings (SSSR count). The van der Waals surface area contributed by atoms with Gasteiger partial charge in [0.25, 0.3) is 0 Å². The Hall–Kier alpha value is -3.41. The van der Waals surface area contributed by atoms with Crippen LogP contribution < -0.4 is 5.32 Å². The van der Waals surface area contributed by atoms with E-state index < -0.39 is 17.7 Å². The Morgan fingerprint density at radius 2 is 1.96 bits per heavy atom. The summed E-state index contributed by atoms with van der Waals surface area (Å²) >= 11 is 0. The van der Waals surface area contributed by atoms with Crippen LogP contribution in [0.2, 0.25) is 0 Å². The number of H-pyrrole nitrogens is 1. The normalized spacial score (nSPS) is 11.0. The lowest BCUT2D eigenvalue weighted by molar-refractivity contribution is -0.111. The summed E-state index contributed by atoms with van der Waals surface area (Å²) in [6.07, 6.45) is 3.00. The van der Waals surface area contributed by atoms with Gasteiger partial charge in [0.2, 0.25) is 5.91 Å². The van der Waals surface area contributed by atoms with E-state index in [1.807, 2.05) is 30.3 Å². The minimum atomic E-state index is -0.619. The predicted octanol–water partition coefficient (Wildman–Crippen LogP) is 4.14. The monoisotopic (exact) mass is 352 g/mol. The molecule has 0 spiro atoms. The minimum Gasteiger partial charge on any atom is -0.461 e. The van der Waals surface area contributed by atoms with Crippen molar-refractivity contribution < 1.29 is 18.7 Å². The van der Waals surface area contributed by atoms with Crippen molar-refractivity contribution in [3.8, 4) is 0 Å². The Morgan fingerprint density at radius 1 is 1.19 bits per heavy atom. The second kappa shape index (κ2) is 7.65. The third kappa shape index (κ3) is 3.80. The van der Waals surface area contributed by atoms with Crippen LogP contribution in [0.15, 0.2) is 54.6 Å². The van der Waals surface area contributed by atoms with Crippen LogP contribution >= 0.6 is 0 Å². The lowest BCUT2D eigenvalue weighted by Gasteiger charge is -2.05. The first-order valence-corrected chi connectivity index (χ1v) is 8.11. The highest BCUT2D eigenvalue weighted by molar-refractivity contribution is 6.13. The van der Waals surface area contributed by atoms with Gasteiger partial charge in [-0.25, -0.2) is 9.18 Å². The van der Waals surface area contributed by atoms with Gasteiger partial charge in [-0.1, -0.05) is 30.3 Å². The molecule has 0 fully saturated rings. The molecule has 26 heavy (non-hydrogen) atoms. The van der Waals surface area contributed by atoms with Crippen molar-refractivity contribution in [3.63, 3.8) is 0 Å². The van der Waals surface area contributed by atoms with Gasteiger partial charge in [-0.05, 0) is 36.8 Å². The Balaban J connectivity index is 1.93. The third-order valence-electron chi connectivity index (χ3n) is 3.72. The van der Waals surface area contributed by atoms with Crippen molar-refractivity contribution in [2.24, 2.45) is 0 Å². The number of hydrogen-bond acceptors (Lipinski definition) is 3. The molecule has 1 aromatic heterocycles. The zero-order chi connectivity index (χ0) is 18.5. The molecule has 2 aromatic carbocycles. The van der Waals surface area contributed by atoms with Gasteiger partial charge < -0.3 is 15.0 Å². The molecule has 0 saturated heterocycles. The molecule has 0 aliphatic carbocycles. The van der Waals surface area contributed by atoms with Crippen LogP contribution in [0.1, 0.15) is 23.0 Å². The van der Waals surface area contributed by atoms with E-state index in [4.69, 9.17) is 4.74 Å². The molecule has 132 valence electrons. The van der Waals surface area contributed by atoms with Crippen molar-refractivity contribution in [3.05, 3.63) is 71.7 Å². The number of ether oxygens (including phenoxy) is 1. The number of nitrogens with one attached hydrogen (secondary N) is 2. The van der Waals surface area contributed by atoms with Gasteiger partial charge >= 0.3 is 5.97 Å². The van der Waals surface area contributed by atoms with E-state index in [-0.39, 0.29) is 18.0 Å². The average Bonchev–Trinajstić information content (AvgIpc) is 2.99. The number of hydrogen-bond donors (Lipinski definition) is 2. The summed E-state index contributed by atoms with van der Waals surface area (Å²) in [7, 11) is 0. The summed E-state index contributed by atoms with van der Waals surface area (Å²) < 4.78 is 18.6. The highest BCUT2D eigenvalue weighted by Crippen LogP contribution is 2.29. The maximum Gasteiger partial charge on any atom is 0.356 e. The van der Waals surface area contributed by atoms with Crippen LogP contribution in [0.25, 0.3) is 17.0 Å². The lowest BCUT2D eigenvalue weighted by atomic mass is 10.2. The Labute approximate surface area is 149 Å². The Morgan fingerprint density at radius 3 is 2.69 bits per heavy atom. The second-order valence-electron chi connectivity index (χ2n) is 5.52. The molecule has 3 aromatic rings. The first-order chi connectivity index (χ1) is 12.6. The number of fused-ring (bicyclic) bond motifs is 1. The SMILES string of the molecule is CCOC(=O)c1[nH]c2ccc(F)cc2c1NC(=O)/C=C/c1ccccc1. The smallest absolute Gasteiger partial charge is 0.356 e. The standard InChI is InChI=1S/C20H17FN2O3/c1-2-26-20(25)19-18(15-12-14(21)9-10-16(15)22-19)23-17(24)11-8-13-6-4-3-5-7-13/h3-12,22H,2H2,1H3,(H,23,24)/b11-8+. The second-order valence-corrected chi connectivity index (χ2v) is 5.52. The number of anilines is 1. The summed E-state index contributed by atoms with van der Waals surface area (Å²) in [6.45, 7) is 1.87. The summed E-state index contributed by atoms with van der Waals surface area (Å²) in [4.78, 5) is 27.3. The molecule has 0 unspecified atom stereocenters. The van der Waals surface area contributed by atoms with E-state index in [1.165, 1.54) is 24.3 Å². The molecule has 0 radical (unpaired) electrons. The van der Waals surface area contributed by atoms with Crippen LogP contribution in [0.4, 0.5) is 10.1 Å². The minimum absolute atomic E-state index is 0.0777. The van der Waals surface area contributed by atoms with E-state index in [0.29, 0.717) is 10.9 Å². The van der Waals surface area contributed by atoms with E-state index in [1.54, 1.807) is 13.0 Å². The first kappa shape index (κ1) is 17.4. The number of benzene rings is 2. The highest BCUT2D eigenvalue weighted by Gasteiger charge is 2.20. The first-order valence-electron chi connectivity index (χ1n) is 8.11. The number of esters is 1. The topological polar surface area (TPSA) is 71.2 Å². The number of aromatic amines is 1. The van der Waals surface area contributed by atoms with Crippen molar-refractivity contribution >= 4 is 34.5 Å². The van der Waals surface area contributed by atoms with E-state index in [9.17, 15) is 14.0 Å². The molecule has 1 amide bonds. The van der Waals surface area contributed by atoms with Gasteiger partial charge in [0.1, 0.15) is 11.5 Å². The molecule has 6 heteroatoms. The Bertz CT molecular complexity index is 977. The summed E-state index contributed by atoms with van der Waals surface area (Å²) in [5.41, 5.74) is 1.66. The molecular weight excluding hydrogens is 335 g/mol. The predicted molar refractivity (Wildman–Crippen MR) is 98.3 cm³/mol. The zero-order valence-corrected chi connectivity index (χ0v) is 14.1. The van der Waals surface area contributed by atoms with E-state index >= 15 is 0 Å². The van der Waals surface area contributed by atoms with Crippen LogP contribution in [0, 0.1) is 5.82 Å². The number of halogens is 1. The average molecular weight is 352 g/mol. The number of amides is 1. The largest absolute Gasteiger partial charge is 0.461 e. The molecule has 0 saturated carbocycles. The maximum absolute atomic E-state index is 13.6. The number of carbonyl (C=O) groups excluding carboxylic acids is 2. The van der Waals surface area contributed by atoms with Crippen molar-refractivity contribution in [2.75, 3.05) is 11.9 Å². The summed E-state index contributed by atoms with van der Waals surface area (Å²) in [5.74, 6) is -1.53. The number of rotatable bonds is 5. The molecular formula is C20H17FN2O3. The van der Waals surface area contributed by atoms with Gasteiger partial charge in [-0.3, -0.25) is 4.79 Å². The highest BCUT2D eigenvalue weighted by atomic mass is 19.1. The molecule has 0 aliphatic heterocycles. The number of aromatic nitrogens is 1. The fourth-order valence-corrected chi connectivity index (χ4v) is 2.55. The summed E-state index contributed by atoms with van der Waals surface area (Å²) in [5, 5.41) is 3.04. The van der Waals surface area contributed by atoms with Crippen LogP contribution in [0.5, 0.6) is 0 Å². The molecule has 0 atom stereocenters. The molecule has 1 heterocycles. The van der Waals surface area contributed by atoms with Gasteiger partial charge in [0.15, 0.2) is 0 Å². The quantitative estimate of drug-likeness (QED) is 0.536. The number of carbonyl (C=O) groups is 2. The van der Waals surface area contributed by atoms with Crippen LogP contribution in [-0.2, 0) is 9.53 Å². The summed E-state index contributed by atoms with van der Waals surface area (Å²) in [6, 6.07) is 13.3.